The fraction of sp³-hybridized carbons (Fsp3) is 0.333. The first-order chi connectivity index (χ1) is 5.42. The summed E-state index contributed by atoms with van der Waals surface area (Å²) in [4.78, 5) is 8.09. The summed E-state index contributed by atoms with van der Waals surface area (Å²) < 4.78 is 0. The fourth-order valence-electron chi connectivity index (χ4n) is 1.09. The number of rotatable bonds is 1. The van der Waals surface area contributed by atoms with Crippen molar-refractivity contribution in [2.24, 2.45) is 0 Å². The van der Waals surface area contributed by atoms with Crippen molar-refractivity contribution in [1.29, 1.82) is 0 Å². The highest BCUT2D eigenvalue weighted by Gasteiger charge is 2.13. The molecule has 1 aliphatic rings. The largest absolute Gasteiger partial charge is 0.371 e. The molecule has 5 heteroatoms. The van der Waals surface area contributed by atoms with Crippen molar-refractivity contribution in [2.45, 2.75) is 0 Å². The van der Waals surface area contributed by atoms with E-state index >= 15 is 0 Å². The van der Waals surface area contributed by atoms with Crippen LogP contribution in [0.1, 0.15) is 0 Å². The van der Waals surface area contributed by atoms with Gasteiger partial charge in [-0.15, -0.1) is 0 Å². The maximum atomic E-state index is 4.04. The molecular formula is C6H9N5. The molecule has 0 aliphatic carbocycles. The second-order valence-corrected chi connectivity index (χ2v) is 2.23. The Hall–Kier alpha value is -1.52. The molecule has 1 aliphatic heterocycles. The predicted molar refractivity (Wildman–Crippen MR) is 43.7 cm³/mol. The molecule has 2 rings (SSSR count). The van der Waals surface area contributed by atoms with Crippen LogP contribution >= 0.6 is 0 Å². The highest BCUT2D eigenvalue weighted by atomic mass is 15.2. The molecule has 0 radical (unpaired) electrons. The number of fused-ring (bicyclic) bond motifs is 1. The van der Waals surface area contributed by atoms with Gasteiger partial charge in [0.25, 0.3) is 0 Å². The van der Waals surface area contributed by atoms with Gasteiger partial charge in [0.15, 0.2) is 11.6 Å². The van der Waals surface area contributed by atoms with Crippen LogP contribution in [-0.4, -0.2) is 23.7 Å². The molecule has 5 nitrogen and oxygen atoms in total. The quantitative estimate of drug-likeness (QED) is 0.539. The Kier molecular flexibility index (Phi) is 1.28. The molecule has 3 N–H and O–H groups in total. The molecule has 0 fully saturated rings. The molecule has 0 aromatic carbocycles. The van der Waals surface area contributed by atoms with Gasteiger partial charge in [0.1, 0.15) is 12.0 Å². The van der Waals surface area contributed by atoms with Gasteiger partial charge < -0.3 is 16.0 Å². The second-order valence-electron chi connectivity index (χ2n) is 2.23. The molecular weight excluding hydrogens is 142 g/mol. The van der Waals surface area contributed by atoms with Gasteiger partial charge in [0.2, 0.25) is 0 Å². The molecule has 2 heterocycles. The molecule has 1 aromatic rings. The maximum absolute atomic E-state index is 4.04. The molecule has 0 saturated carbocycles. The van der Waals surface area contributed by atoms with Gasteiger partial charge in [-0.1, -0.05) is 0 Å². The van der Waals surface area contributed by atoms with Crippen LogP contribution in [0.4, 0.5) is 17.3 Å². The molecule has 0 atom stereocenters. The van der Waals surface area contributed by atoms with Crippen LogP contribution < -0.4 is 16.0 Å². The van der Waals surface area contributed by atoms with Gasteiger partial charge in [-0.3, -0.25) is 0 Å². The minimum atomic E-state index is 0.725. The van der Waals surface area contributed by atoms with E-state index in [-0.39, 0.29) is 0 Å². The van der Waals surface area contributed by atoms with E-state index in [0.717, 1.165) is 24.0 Å². The van der Waals surface area contributed by atoms with Crippen LogP contribution in [0.5, 0.6) is 0 Å². The van der Waals surface area contributed by atoms with Gasteiger partial charge in [-0.25, -0.2) is 9.97 Å². The Morgan fingerprint density at radius 2 is 2.36 bits per heavy atom. The zero-order chi connectivity index (χ0) is 7.68. The lowest BCUT2D eigenvalue weighted by Gasteiger charge is -2.02. The molecule has 0 spiro atoms. The summed E-state index contributed by atoms with van der Waals surface area (Å²) in [5, 5.41) is 9.17. The Balaban J connectivity index is 2.50. The van der Waals surface area contributed by atoms with E-state index < -0.39 is 0 Å². The number of nitrogens with zero attached hydrogens (tertiary/aromatic N) is 2. The SMILES string of the molecule is CNc1ncnc2c1NCN2. The minimum Gasteiger partial charge on any atom is -0.371 e. The third kappa shape index (κ3) is 0.849. The standard InChI is InChI=1S/C6H9N5/c1-7-5-4-6(10-2-8-4)11-3-9-5/h3,8H,2H2,1H3,(H2,7,9,10,11). The third-order valence-electron chi connectivity index (χ3n) is 1.61. The predicted octanol–water partition coefficient (Wildman–Crippen LogP) is 0.313. The molecule has 0 bridgehead atoms. The van der Waals surface area contributed by atoms with Gasteiger partial charge in [-0.2, -0.15) is 0 Å². The summed E-state index contributed by atoms with van der Waals surface area (Å²) in [7, 11) is 1.84. The smallest absolute Gasteiger partial charge is 0.156 e. The summed E-state index contributed by atoms with van der Waals surface area (Å²) in [6.45, 7) is 0.725. The van der Waals surface area contributed by atoms with E-state index in [0.29, 0.717) is 0 Å². The monoisotopic (exact) mass is 151 g/mol. The van der Waals surface area contributed by atoms with Crippen LogP contribution in [0, 0.1) is 0 Å². The summed E-state index contributed by atoms with van der Waals surface area (Å²) in [5.74, 6) is 1.70. The van der Waals surface area contributed by atoms with Crippen LogP contribution in [0.3, 0.4) is 0 Å². The van der Waals surface area contributed by atoms with E-state index in [2.05, 4.69) is 25.9 Å². The lowest BCUT2D eigenvalue weighted by molar-refractivity contribution is 1.17. The van der Waals surface area contributed by atoms with Crippen molar-refractivity contribution in [2.75, 3.05) is 29.7 Å². The zero-order valence-electron chi connectivity index (χ0n) is 6.18. The van der Waals surface area contributed by atoms with Crippen molar-refractivity contribution in [3.8, 4) is 0 Å². The Morgan fingerprint density at radius 3 is 3.18 bits per heavy atom. The van der Waals surface area contributed by atoms with Gasteiger partial charge in [-0.05, 0) is 0 Å². The summed E-state index contributed by atoms with van der Waals surface area (Å²) in [6, 6.07) is 0. The number of nitrogens with one attached hydrogen (secondary N) is 3. The topological polar surface area (TPSA) is 61.9 Å². The first kappa shape index (κ1) is 6.21. The second kappa shape index (κ2) is 2.26. The number of anilines is 3. The van der Waals surface area contributed by atoms with E-state index in [1.165, 1.54) is 6.33 Å². The van der Waals surface area contributed by atoms with Crippen LogP contribution in [-0.2, 0) is 0 Å². The molecule has 58 valence electrons. The van der Waals surface area contributed by atoms with E-state index in [1.54, 1.807) is 0 Å². The molecule has 0 amide bonds. The summed E-state index contributed by atoms with van der Waals surface area (Å²) >= 11 is 0. The lowest BCUT2D eigenvalue weighted by atomic mass is 10.4. The zero-order valence-corrected chi connectivity index (χ0v) is 6.18. The molecule has 1 aromatic heterocycles. The Labute approximate surface area is 64.2 Å². The summed E-state index contributed by atoms with van der Waals surface area (Å²) in [6.07, 6.45) is 1.53. The van der Waals surface area contributed by atoms with E-state index in [9.17, 15) is 0 Å². The van der Waals surface area contributed by atoms with Gasteiger partial charge in [0, 0.05) is 7.05 Å². The highest BCUT2D eigenvalue weighted by molar-refractivity contribution is 5.79. The number of aromatic nitrogens is 2. The number of hydrogen-bond donors (Lipinski definition) is 3. The third-order valence-corrected chi connectivity index (χ3v) is 1.61. The van der Waals surface area contributed by atoms with Gasteiger partial charge >= 0.3 is 0 Å². The van der Waals surface area contributed by atoms with Crippen molar-refractivity contribution in [3.63, 3.8) is 0 Å². The van der Waals surface area contributed by atoms with Crippen molar-refractivity contribution < 1.29 is 0 Å². The highest BCUT2D eigenvalue weighted by Crippen LogP contribution is 2.28. The van der Waals surface area contributed by atoms with Crippen LogP contribution in [0.15, 0.2) is 6.33 Å². The fourth-order valence-corrected chi connectivity index (χ4v) is 1.09. The normalized spacial score (nSPS) is 13.2. The van der Waals surface area contributed by atoms with Crippen molar-refractivity contribution >= 4 is 17.3 Å². The molecule has 0 unspecified atom stereocenters. The van der Waals surface area contributed by atoms with Crippen molar-refractivity contribution in [1.82, 2.24) is 9.97 Å². The van der Waals surface area contributed by atoms with E-state index in [4.69, 9.17) is 0 Å². The van der Waals surface area contributed by atoms with Crippen LogP contribution in [0.2, 0.25) is 0 Å². The summed E-state index contributed by atoms with van der Waals surface area (Å²) in [5.41, 5.74) is 0.954. The van der Waals surface area contributed by atoms with Gasteiger partial charge in [0.05, 0.1) is 6.67 Å². The first-order valence-corrected chi connectivity index (χ1v) is 3.42. The Morgan fingerprint density at radius 1 is 1.45 bits per heavy atom. The van der Waals surface area contributed by atoms with E-state index in [1.807, 2.05) is 7.05 Å². The average Bonchev–Trinajstić information content (AvgIpc) is 2.50. The average molecular weight is 151 g/mol. The maximum Gasteiger partial charge on any atom is 0.156 e. The minimum absolute atomic E-state index is 0.725. The number of hydrogen-bond acceptors (Lipinski definition) is 5. The van der Waals surface area contributed by atoms with Crippen LogP contribution in [0.25, 0.3) is 0 Å². The molecule has 0 saturated heterocycles. The van der Waals surface area contributed by atoms with Crippen molar-refractivity contribution in [3.05, 3.63) is 6.33 Å². The lowest BCUT2D eigenvalue weighted by Crippen LogP contribution is -2.00. The first-order valence-electron chi connectivity index (χ1n) is 3.42. The Bertz CT molecular complexity index is 272. The molecule has 11 heavy (non-hydrogen) atoms.